The molecule has 6 rings (SSSR count). The zero-order chi connectivity index (χ0) is 24.0. The molecule has 1 nitrogen and oxygen atoms in total. The predicted octanol–water partition coefficient (Wildman–Crippen LogP) is 9.78. The van der Waals surface area contributed by atoms with Crippen LogP contribution >= 0.6 is 11.6 Å². The van der Waals surface area contributed by atoms with Crippen LogP contribution < -0.4 is 4.90 Å². The minimum absolute atomic E-state index is 0.0629. The molecule has 0 N–H and O–H groups in total. The molecular weight excluding hydrogens is 446 g/mol. The SMILES string of the molecule is CC1(C)c2ccccc2-c2ccc(N(c3ccc(Cl)cc3)c3ccccc3-c3ccccc3)cc21. The molecule has 2 heteroatoms. The Hall–Kier alpha value is -3.81. The van der Waals surface area contributed by atoms with Gasteiger partial charge in [0.2, 0.25) is 0 Å². The zero-order valence-electron chi connectivity index (χ0n) is 19.9. The fraction of sp³-hybridized carbons (Fsp3) is 0.0909. The monoisotopic (exact) mass is 471 g/mol. The van der Waals surface area contributed by atoms with Gasteiger partial charge in [0.05, 0.1) is 5.69 Å². The van der Waals surface area contributed by atoms with Crippen molar-refractivity contribution in [2.24, 2.45) is 0 Å². The van der Waals surface area contributed by atoms with Crippen molar-refractivity contribution in [1.29, 1.82) is 0 Å². The summed E-state index contributed by atoms with van der Waals surface area (Å²) in [7, 11) is 0. The Labute approximate surface area is 212 Å². The molecule has 0 saturated heterocycles. The molecule has 0 aromatic heterocycles. The van der Waals surface area contributed by atoms with Gasteiger partial charge in [0.15, 0.2) is 0 Å². The summed E-state index contributed by atoms with van der Waals surface area (Å²) in [6.45, 7) is 4.65. The first kappa shape index (κ1) is 21.7. The highest BCUT2D eigenvalue weighted by molar-refractivity contribution is 6.30. The smallest absolute Gasteiger partial charge is 0.0540 e. The first-order chi connectivity index (χ1) is 17.0. The third kappa shape index (κ3) is 3.64. The van der Waals surface area contributed by atoms with Crippen LogP contribution in [0.5, 0.6) is 0 Å². The number of fused-ring (bicyclic) bond motifs is 3. The number of hydrogen-bond donors (Lipinski definition) is 0. The highest BCUT2D eigenvalue weighted by Gasteiger charge is 2.35. The van der Waals surface area contributed by atoms with Gasteiger partial charge in [0.25, 0.3) is 0 Å². The maximum Gasteiger partial charge on any atom is 0.0540 e. The molecule has 5 aromatic rings. The fourth-order valence-corrected chi connectivity index (χ4v) is 5.51. The summed E-state index contributed by atoms with van der Waals surface area (Å²) in [5.74, 6) is 0. The van der Waals surface area contributed by atoms with Crippen molar-refractivity contribution in [2.45, 2.75) is 19.3 Å². The summed E-state index contributed by atoms with van der Waals surface area (Å²) < 4.78 is 0. The number of halogens is 1. The minimum atomic E-state index is -0.0629. The fourth-order valence-electron chi connectivity index (χ4n) is 5.38. The lowest BCUT2D eigenvalue weighted by atomic mass is 9.82. The van der Waals surface area contributed by atoms with Gasteiger partial charge in [-0.2, -0.15) is 0 Å². The lowest BCUT2D eigenvalue weighted by molar-refractivity contribution is 0.660. The van der Waals surface area contributed by atoms with Crippen LogP contribution in [0.4, 0.5) is 17.1 Å². The number of hydrogen-bond acceptors (Lipinski definition) is 1. The van der Waals surface area contributed by atoms with E-state index < -0.39 is 0 Å². The average Bonchev–Trinajstić information content (AvgIpc) is 3.13. The second-order valence-electron chi connectivity index (χ2n) is 9.60. The molecule has 0 fully saturated rings. The van der Waals surface area contributed by atoms with E-state index in [-0.39, 0.29) is 5.41 Å². The summed E-state index contributed by atoms with van der Waals surface area (Å²) in [4.78, 5) is 2.35. The van der Waals surface area contributed by atoms with E-state index in [1.54, 1.807) is 0 Å². The maximum atomic E-state index is 6.28. The Kier molecular flexibility index (Phi) is 5.24. The molecular formula is C33H26ClN. The Morgan fingerprint density at radius 2 is 1.14 bits per heavy atom. The van der Waals surface area contributed by atoms with Crippen molar-refractivity contribution in [3.05, 3.63) is 137 Å². The lowest BCUT2D eigenvalue weighted by Gasteiger charge is -2.29. The van der Waals surface area contributed by atoms with Crippen LogP contribution in [-0.4, -0.2) is 0 Å². The first-order valence-electron chi connectivity index (χ1n) is 12.0. The van der Waals surface area contributed by atoms with Crippen molar-refractivity contribution >= 4 is 28.7 Å². The van der Waals surface area contributed by atoms with Gasteiger partial charge in [-0.3, -0.25) is 0 Å². The van der Waals surface area contributed by atoms with Gasteiger partial charge in [-0.15, -0.1) is 0 Å². The molecule has 0 unspecified atom stereocenters. The van der Waals surface area contributed by atoms with Gasteiger partial charge < -0.3 is 4.90 Å². The topological polar surface area (TPSA) is 3.24 Å². The van der Waals surface area contributed by atoms with Crippen molar-refractivity contribution in [3.63, 3.8) is 0 Å². The van der Waals surface area contributed by atoms with Crippen LogP contribution in [-0.2, 0) is 5.41 Å². The summed E-state index contributed by atoms with van der Waals surface area (Å²) in [5, 5.41) is 0.732. The summed E-state index contributed by atoms with van der Waals surface area (Å²) >= 11 is 6.28. The Morgan fingerprint density at radius 3 is 1.91 bits per heavy atom. The van der Waals surface area contributed by atoms with E-state index in [1.807, 2.05) is 12.1 Å². The lowest BCUT2D eigenvalue weighted by Crippen LogP contribution is -2.16. The van der Waals surface area contributed by atoms with Gasteiger partial charge in [-0.1, -0.05) is 104 Å². The van der Waals surface area contributed by atoms with E-state index in [2.05, 4.69) is 128 Å². The normalized spacial score (nSPS) is 13.2. The molecule has 0 bridgehead atoms. The van der Waals surface area contributed by atoms with E-state index in [4.69, 9.17) is 11.6 Å². The quantitative estimate of drug-likeness (QED) is 0.252. The zero-order valence-corrected chi connectivity index (χ0v) is 20.6. The molecule has 170 valence electrons. The molecule has 35 heavy (non-hydrogen) atoms. The number of benzene rings is 5. The van der Waals surface area contributed by atoms with Crippen molar-refractivity contribution in [3.8, 4) is 22.3 Å². The molecule has 1 aliphatic rings. The summed E-state index contributed by atoms with van der Waals surface area (Å²) in [5.41, 5.74) is 11.1. The van der Waals surface area contributed by atoms with E-state index in [0.717, 1.165) is 22.1 Å². The van der Waals surface area contributed by atoms with Gasteiger partial charge in [0, 0.05) is 27.4 Å². The van der Waals surface area contributed by atoms with Crippen LogP contribution in [0.15, 0.2) is 121 Å². The van der Waals surface area contributed by atoms with E-state index in [9.17, 15) is 0 Å². The predicted molar refractivity (Wildman–Crippen MR) is 149 cm³/mol. The Morgan fingerprint density at radius 1 is 0.543 bits per heavy atom. The molecule has 0 spiro atoms. The third-order valence-corrected chi connectivity index (χ3v) is 7.39. The maximum absolute atomic E-state index is 6.28. The van der Waals surface area contributed by atoms with Crippen LogP contribution in [0.1, 0.15) is 25.0 Å². The van der Waals surface area contributed by atoms with Gasteiger partial charge in [-0.05, 0) is 70.3 Å². The molecule has 0 atom stereocenters. The third-order valence-electron chi connectivity index (χ3n) is 7.14. The van der Waals surface area contributed by atoms with Crippen LogP contribution in [0.3, 0.4) is 0 Å². The average molecular weight is 472 g/mol. The number of anilines is 3. The van der Waals surface area contributed by atoms with Crippen LogP contribution in [0, 0.1) is 0 Å². The number of rotatable bonds is 4. The van der Waals surface area contributed by atoms with Gasteiger partial charge in [-0.25, -0.2) is 0 Å². The molecule has 0 heterocycles. The minimum Gasteiger partial charge on any atom is -0.310 e. The van der Waals surface area contributed by atoms with Crippen molar-refractivity contribution in [2.75, 3.05) is 4.90 Å². The largest absolute Gasteiger partial charge is 0.310 e. The first-order valence-corrected chi connectivity index (χ1v) is 12.4. The molecule has 0 saturated carbocycles. The Balaban J connectivity index is 1.57. The standard InChI is InChI=1S/C33H26ClN/c1-33(2)30-14-8-6-13-28(30)29-21-20-26(22-31(29)33)35(25-18-16-24(34)17-19-25)32-15-9-7-12-27(32)23-10-4-3-5-11-23/h3-22H,1-2H3. The second-order valence-corrected chi connectivity index (χ2v) is 10.0. The van der Waals surface area contributed by atoms with E-state index in [1.165, 1.54) is 33.4 Å². The summed E-state index contributed by atoms with van der Waals surface area (Å²) in [6.07, 6.45) is 0. The highest BCUT2D eigenvalue weighted by atomic mass is 35.5. The second kappa shape index (κ2) is 8.45. The molecule has 5 aromatic carbocycles. The molecule has 0 amide bonds. The van der Waals surface area contributed by atoms with Crippen LogP contribution in [0.2, 0.25) is 5.02 Å². The Bertz CT molecular complexity index is 1520. The van der Waals surface area contributed by atoms with Crippen molar-refractivity contribution < 1.29 is 0 Å². The molecule has 0 aliphatic heterocycles. The van der Waals surface area contributed by atoms with E-state index >= 15 is 0 Å². The number of para-hydroxylation sites is 1. The van der Waals surface area contributed by atoms with Crippen molar-refractivity contribution in [1.82, 2.24) is 0 Å². The van der Waals surface area contributed by atoms with Crippen LogP contribution in [0.25, 0.3) is 22.3 Å². The molecule has 1 aliphatic carbocycles. The van der Waals surface area contributed by atoms with Gasteiger partial charge >= 0.3 is 0 Å². The number of nitrogens with zero attached hydrogens (tertiary/aromatic N) is 1. The highest BCUT2D eigenvalue weighted by Crippen LogP contribution is 2.51. The van der Waals surface area contributed by atoms with Gasteiger partial charge in [0.1, 0.15) is 0 Å². The summed E-state index contributed by atoms with van der Waals surface area (Å²) in [6, 6.07) is 43.0. The molecule has 0 radical (unpaired) electrons. The van der Waals surface area contributed by atoms with E-state index in [0.29, 0.717) is 0 Å².